The van der Waals surface area contributed by atoms with Gasteiger partial charge in [0.15, 0.2) is 5.69 Å². The average molecular weight is 379 g/mol. The van der Waals surface area contributed by atoms with Gasteiger partial charge >= 0.3 is 6.18 Å². The van der Waals surface area contributed by atoms with Crippen LogP contribution in [0.4, 0.5) is 13.2 Å². The largest absolute Gasteiger partial charge is 0.416 e. The minimum atomic E-state index is -4.44. The summed E-state index contributed by atoms with van der Waals surface area (Å²) < 4.78 is 40.6. The number of halogens is 3. The molecule has 1 amide bonds. The van der Waals surface area contributed by atoms with E-state index >= 15 is 0 Å². The van der Waals surface area contributed by atoms with Crippen molar-refractivity contribution < 1.29 is 18.0 Å². The third kappa shape index (κ3) is 3.43. The van der Waals surface area contributed by atoms with Gasteiger partial charge in [0, 0.05) is 25.6 Å². The summed E-state index contributed by atoms with van der Waals surface area (Å²) in [5.74, 6) is -0.132. The SMILES string of the molecule is CN(C(=O)c1nnn(-c2cccc(C(F)(F)F)c2)c1C1CC1)[C@H]1CCNC1. The number of amides is 1. The highest BCUT2D eigenvalue weighted by Gasteiger charge is 2.37. The van der Waals surface area contributed by atoms with E-state index in [1.807, 2.05) is 0 Å². The summed E-state index contributed by atoms with van der Waals surface area (Å²) in [4.78, 5) is 14.6. The van der Waals surface area contributed by atoms with Gasteiger partial charge in [0.2, 0.25) is 0 Å². The van der Waals surface area contributed by atoms with Crippen LogP contribution in [0.2, 0.25) is 0 Å². The number of hydrogen-bond acceptors (Lipinski definition) is 4. The molecule has 2 aliphatic rings. The number of alkyl halides is 3. The van der Waals surface area contributed by atoms with Crippen molar-refractivity contribution in [2.45, 2.75) is 37.4 Å². The number of nitrogens with zero attached hydrogens (tertiary/aromatic N) is 4. The molecule has 1 aromatic carbocycles. The zero-order chi connectivity index (χ0) is 19.2. The second kappa shape index (κ2) is 6.63. The van der Waals surface area contributed by atoms with Crippen LogP contribution in [0.3, 0.4) is 0 Å². The average Bonchev–Trinajstić information content (AvgIpc) is 3.17. The second-order valence-electron chi connectivity index (χ2n) is 7.12. The molecule has 1 aromatic heterocycles. The van der Waals surface area contributed by atoms with Crippen molar-refractivity contribution in [3.8, 4) is 5.69 Å². The van der Waals surface area contributed by atoms with E-state index in [0.717, 1.165) is 44.5 Å². The van der Waals surface area contributed by atoms with Crippen molar-refractivity contribution in [1.29, 1.82) is 0 Å². The zero-order valence-corrected chi connectivity index (χ0v) is 14.8. The van der Waals surface area contributed by atoms with Gasteiger partial charge in [0.1, 0.15) is 0 Å². The Bertz CT molecular complexity index is 853. The van der Waals surface area contributed by atoms with Gasteiger partial charge in [-0.05, 0) is 44.0 Å². The fraction of sp³-hybridized carbons (Fsp3) is 0.500. The molecule has 0 unspecified atom stereocenters. The normalized spacial score (nSPS) is 20.1. The fourth-order valence-corrected chi connectivity index (χ4v) is 3.47. The molecule has 0 spiro atoms. The highest BCUT2D eigenvalue weighted by atomic mass is 19.4. The minimum absolute atomic E-state index is 0.0864. The van der Waals surface area contributed by atoms with Crippen molar-refractivity contribution >= 4 is 5.91 Å². The Morgan fingerprint density at radius 2 is 2.07 bits per heavy atom. The third-order valence-electron chi connectivity index (χ3n) is 5.19. The Balaban J connectivity index is 1.71. The molecule has 144 valence electrons. The summed E-state index contributed by atoms with van der Waals surface area (Å²) in [6, 6.07) is 5.04. The molecular formula is C18H20F3N5O. The van der Waals surface area contributed by atoms with Crippen LogP contribution in [0.15, 0.2) is 24.3 Å². The number of carbonyl (C=O) groups excluding carboxylic acids is 1. The number of likely N-dealkylation sites (N-methyl/N-ethyl adjacent to an activating group) is 1. The predicted molar refractivity (Wildman–Crippen MR) is 91.7 cm³/mol. The first-order valence-electron chi connectivity index (χ1n) is 8.97. The van der Waals surface area contributed by atoms with E-state index in [1.165, 1.54) is 10.7 Å². The van der Waals surface area contributed by atoms with Crippen LogP contribution in [-0.4, -0.2) is 52.0 Å². The van der Waals surface area contributed by atoms with E-state index in [4.69, 9.17) is 0 Å². The van der Waals surface area contributed by atoms with Crippen LogP contribution in [0.5, 0.6) is 0 Å². The van der Waals surface area contributed by atoms with Crippen LogP contribution >= 0.6 is 0 Å². The van der Waals surface area contributed by atoms with Crippen LogP contribution in [0.25, 0.3) is 5.69 Å². The van der Waals surface area contributed by atoms with Gasteiger partial charge in [-0.15, -0.1) is 5.10 Å². The Hall–Kier alpha value is -2.42. The number of aromatic nitrogens is 3. The first-order chi connectivity index (χ1) is 12.9. The van der Waals surface area contributed by atoms with Crippen molar-refractivity contribution in [2.75, 3.05) is 20.1 Å². The van der Waals surface area contributed by atoms with Crippen molar-refractivity contribution in [1.82, 2.24) is 25.2 Å². The number of nitrogens with one attached hydrogen (secondary N) is 1. The van der Waals surface area contributed by atoms with Crippen molar-refractivity contribution in [3.05, 3.63) is 41.2 Å². The van der Waals surface area contributed by atoms with Crippen LogP contribution < -0.4 is 5.32 Å². The summed E-state index contributed by atoms with van der Waals surface area (Å²) >= 11 is 0. The van der Waals surface area contributed by atoms with E-state index in [1.54, 1.807) is 18.0 Å². The fourth-order valence-electron chi connectivity index (χ4n) is 3.47. The molecule has 27 heavy (non-hydrogen) atoms. The topological polar surface area (TPSA) is 63.1 Å². The molecule has 0 radical (unpaired) electrons. The molecule has 1 saturated heterocycles. The lowest BCUT2D eigenvalue weighted by molar-refractivity contribution is -0.137. The smallest absolute Gasteiger partial charge is 0.336 e. The summed E-state index contributed by atoms with van der Waals surface area (Å²) in [5.41, 5.74) is 0.365. The van der Waals surface area contributed by atoms with E-state index in [9.17, 15) is 18.0 Å². The minimum Gasteiger partial charge on any atom is -0.336 e. The number of hydrogen-bond donors (Lipinski definition) is 1. The molecular weight excluding hydrogens is 359 g/mol. The summed E-state index contributed by atoms with van der Waals surface area (Å²) in [7, 11) is 1.74. The van der Waals surface area contributed by atoms with Gasteiger partial charge < -0.3 is 10.2 Å². The molecule has 9 heteroatoms. The Kier molecular flexibility index (Phi) is 4.41. The van der Waals surface area contributed by atoms with Crippen LogP contribution in [0, 0.1) is 0 Å². The summed E-state index contributed by atoms with van der Waals surface area (Å²) in [6.45, 7) is 1.58. The highest BCUT2D eigenvalue weighted by molar-refractivity contribution is 5.93. The molecule has 1 aliphatic carbocycles. The number of carbonyl (C=O) groups is 1. The molecule has 1 N–H and O–H groups in total. The van der Waals surface area contributed by atoms with Crippen molar-refractivity contribution in [3.63, 3.8) is 0 Å². The number of benzene rings is 1. The van der Waals surface area contributed by atoms with Crippen LogP contribution in [-0.2, 0) is 6.18 Å². The van der Waals surface area contributed by atoms with Crippen LogP contribution in [0.1, 0.15) is 46.9 Å². The molecule has 0 bridgehead atoms. The van der Waals surface area contributed by atoms with E-state index in [0.29, 0.717) is 5.69 Å². The zero-order valence-electron chi connectivity index (χ0n) is 14.8. The molecule has 1 aliphatic heterocycles. The van der Waals surface area contributed by atoms with Gasteiger partial charge in [-0.1, -0.05) is 11.3 Å². The Labute approximate surface area is 154 Å². The molecule has 6 nitrogen and oxygen atoms in total. The standard InChI is InChI=1S/C18H20F3N5O/c1-25(14-7-8-22-10-14)17(27)15-16(11-5-6-11)26(24-23-15)13-4-2-3-12(9-13)18(19,20)21/h2-4,9,11,14,22H,5-8,10H2,1H3/t14-/m0/s1. The van der Waals surface area contributed by atoms with Gasteiger partial charge in [0.25, 0.3) is 5.91 Å². The van der Waals surface area contributed by atoms with Crippen molar-refractivity contribution in [2.24, 2.45) is 0 Å². The number of rotatable bonds is 4. The maximum Gasteiger partial charge on any atom is 0.416 e. The maximum atomic E-state index is 13.1. The second-order valence-corrected chi connectivity index (χ2v) is 7.12. The molecule has 4 rings (SSSR count). The maximum absolute atomic E-state index is 13.1. The van der Waals surface area contributed by atoms with Gasteiger partial charge in [-0.25, -0.2) is 4.68 Å². The van der Waals surface area contributed by atoms with E-state index < -0.39 is 11.7 Å². The van der Waals surface area contributed by atoms with E-state index in [-0.39, 0.29) is 29.2 Å². The van der Waals surface area contributed by atoms with Gasteiger partial charge in [-0.3, -0.25) is 4.79 Å². The monoisotopic (exact) mass is 379 g/mol. The summed E-state index contributed by atoms with van der Waals surface area (Å²) in [6.07, 6.45) is -1.82. The lowest BCUT2D eigenvalue weighted by Gasteiger charge is -2.23. The lowest BCUT2D eigenvalue weighted by atomic mass is 10.1. The molecule has 2 fully saturated rings. The Morgan fingerprint density at radius 3 is 2.70 bits per heavy atom. The lowest BCUT2D eigenvalue weighted by Crippen LogP contribution is -2.39. The first kappa shape index (κ1) is 18.0. The molecule has 1 atom stereocenters. The molecule has 2 aromatic rings. The highest BCUT2D eigenvalue weighted by Crippen LogP contribution is 2.42. The quantitative estimate of drug-likeness (QED) is 0.887. The third-order valence-corrected chi connectivity index (χ3v) is 5.19. The van der Waals surface area contributed by atoms with Gasteiger partial charge in [-0.2, -0.15) is 13.2 Å². The Morgan fingerprint density at radius 1 is 1.30 bits per heavy atom. The van der Waals surface area contributed by atoms with Gasteiger partial charge in [0.05, 0.1) is 16.9 Å². The van der Waals surface area contributed by atoms with E-state index in [2.05, 4.69) is 15.6 Å². The summed E-state index contributed by atoms with van der Waals surface area (Å²) in [5, 5.41) is 11.3. The molecule has 2 heterocycles. The molecule has 1 saturated carbocycles. The first-order valence-corrected chi connectivity index (χ1v) is 8.97. The predicted octanol–water partition coefficient (Wildman–Crippen LogP) is 2.60.